The van der Waals surface area contributed by atoms with E-state index in [2.05, 4.69) is 17.9 Å². The molecule has 0 saturated heterocycles. The monoisotopic (exact) mass is 209 g/mol. The van der Waals surface area contributed by atoms with Crippen LogP contribution in [0.15, 0.2) is 0 Å². The molecule has 3 nitrogen and oxygen atoms in total. The van der Waals surface area contributed by atoms with Gasteiger partial charge in [0, 0.05) is 28.9 Å². The van der Waals surface area contributed by atoms with E-state index in [4.69, 9.17) is 0 Å². The van der Waals surface area contributed by atoms with E-state index < -0.39 is 10.8 Å². The van der Waals surface area contributed by atoms with E-state index >= 15 is 0 Å². The number of amides is 1. The summed E-state index contributed by atoms with van der Waals surface area (Å²) in [6, 6.07) is 0.0912. The number of hydrogen-bond acceptors (Lipinski definition) is 3. The number of thiol groups is 1. The van der Waals surface area contributed by atoms with Crippen LogP contribution in [0.1, 0.15) is 13.3 Å². The highest BCUT2D eigenvalue weighted by atomic mass is 32.2. The third-order valence-corrected chi connectivity index (χ3v) is 2.49. The molecule has 5 heteroatoms. The zero-order valence-corrected chi connectivity index (χ0v) is 9.08. The maximum Gasteiger partial charge on any atom is 0.229 e. The molecular weight excluding hydrogens is 194 g/mol. The number of rotatable bonds is 5. The maximum absolute atomic E-state index is 10.8. The van der Waals surface area contributed by atoms with Crippen LogP contribution in [-0.2, 0) is 15.6 Å². The van der Waals surface area contributed by atoms with Crippen LogP contribution < -0.4 is 5.32 Å². The Morgan fingerprint density at radius 2 is 2.25 bits per heavy atom. The third-order valence-electron chi connectivity index (χ3n) is 1.39. The van der Waals surface area contributed by atoms with E-state index in [1.807, 2.05) is 6.92 Å². The number of carbonyl (C=O) groups is 1. The summed E-state index contributed by atoms with van der Waals surface area (Å²) in [6.45, 7) is 1.90. The lowest BCUT2D eigenvalue weighted by atomic mass is 10.2. The summed E-state index contributed by atoms with van der Waals surface area (Å²) in [7, 11) is -0.773. The molecule has 0 fully saturated rings. The van der Waals surface area contributed by atoms with E-state index in [0.717, 1.165) is 6.42 Å². The summed E-state index contributed by atoms with van der Waals surface area (Å²) < 4.78 is 10.7. The SMILES string of the molecule is CC(CCS(C)=O)NC(=O)CS. The Balaban J connectivity index is 3.52. The van der Waals surface area contributed by atoms with Gasteiger partial charge in [-0.2, -0.15) is 12.6 Å². The molecule has 2 atom stereocenters. The highest BCUT2D eigenvalue weighted by Crippen LogP contribution is 1.92. The minimum Gasteiger partial charge on any atom is -0.353 e. The van der Waals surface area contributed by atoms with Gasteiger partial charge in [-0.05, 0) is 13.3 Å². The van der Waals surface area contributed by atoms with Crippen LogP contribution in [0.3, 0.4) is 0 Å². The third kappa shape index (κ3) is 6.67. The molecule has 2 unspecified atom stereocenters. The lowest BCUT2D eigenvalue weighted by Gasteiger charge is -2.11. The van der Waals surface area contributed by atoms with Crippen LogP contribution in [0.25, 0.3) is 0 Å². The van der Waals surface area contributed by atoms with Gasteiger partial charge in [0.2, 0.25) is 5.91 Å². The van der Waals surface area contributed by atoms with Gasteiger partial charge in [-0.15, -0.1) is 0 Å². The van der Waals surface area contributed by atoms with Crippen molar-refractivity contribution in [1.29, 1.82) is 0 Å². The van der Waals surface area contributed by atoms with Gasteiger partial charge < -0.3 is 5.32 Å². The van der Waals surface area contributed by atoms with Crippen molar-refractivity contribution in [3.05, 3.63) is 0 Å². The van der Waals surface area contributed by atoms with Crippen LogP contribution in [0, 0.1) is 0 Å². The van der Waals surface area contributed by atoms with Crippen molar-refractivity contribution >= 4 is 29.3 Å². The predicted molar refractivity (Wildman–Crippen MR) is 55.0 cm³/mol. The summed E-state index contributed by atoms with van der Waals surface area (Å²) in [6.07, 6.45) is 2.41. The summed E-state index contributed by atoms with van der Waals surface area (Å²) in [5, 5.41) is 2.74. The van der Waals surface area contributed by atoms with Crippen molar-refractivity contribution in [2.24, 2.45) is 0 Å². The summed E-state index contributed by atoms with van der Waals surface area (Å²) in [4.78, 5) is 10.8. The van der Waals surface area contributed by atoms with Gasteiger partial charge in [-0.25, -0.2) is 0 Å². The van der Waals surface area contributed by atoms with Crippen LogP contribution in [0.5, 0.6) is 0 Å². The molecular formula is C7H15NO2S2. The van der Waals surface area contributed by atoms with Crippen LogP contribution in [0.2, 0.25) is 0 Å². The molecule has 0 aliphatic carbocycles. The first kappa shape index (κ1) is 12.0. The lowest BCUT2D eigenvalue weighted by Crippen LogP contribution is -2.34. The normalized spacial score (nSPS) is 15.2. The fourth-order valence-electron chi connectivity index (χ4n) is 0.735. The summed E-state index contributed by atoms with van der Waals surface area (Å²) in [5.41, 5.74) is 0. The summed E-state index contributed by atoms with van der Waals surface area (Å²) in [5.74, 6) is 0.765. The largest absolute Gasteiger partial charge is 0.353 e. The molecule has 0 aromatic carbocycles. The van der Waals surface area contributed by atoms with Gasteiger partial charge in [-0.3, -0.25) is 9.00 Å². The van der Waals surface area contributed by atoms with E-state index in [9.17, 15) is 9.00 Å². The van der Waals surface area contributed by atoms with E-state index in [0.29, 0.717) is 5.75 Å². The maximum atomic E-state index is 10.8. The minimum absolute atomic E-state index is 0.0762. The molecule has 0 aliphatic heterocycles. The zero-order valence-electron chi connectivity index (χ0n) is 7.37. The molecule has 1 amide bonds. The van der Waals surface area contributed by atoms with Crippen LogP contribution in [0.4, 0.5) is 0 Å². The highest BCUT2D eigenvalue weighted by Gasteiger charge is 2.05. The summed E-state index contributed by atoms with van der Waals surface area (Å²) >= 11 is 3.83. The molecule has 0 aromatic rings. The Bertz CT molecular complexity index is 173. The first-order valence-corrected chi connectivity index (χ1v) is 6.12. The average molecular weight is 209 g/mol. The van der Waals surface area contributed by atoms with Crippen molar-refractivity contribution in [1.82, 2.24) is 5.32 Å². The number of nitrogens with one attached hydrogen (secondary N) is 1. The Morgan fingerprint density at radius 3 is 2.67 bits per heavy atom. The van der Waals surface area contributed by atoms with Gasteiger partial charge in [0.15, 0.2) is 0 Å². The average Bonchev–Trinajstić information content (AvgIpc) is 2.00. The second-order valence-corrected chi connectivity index (χ2v) is 4.56. The Kier molecular flexibility index (Phi) is 6.47. The molecule has 0 aromatic heterocycles. The lowest BCUT2D eigenvalue weighted by molar-refractivity contribution is -0.119. The Hall–Kier alpha value is -0.0300. The molecule has 1 N–H and O–H groups in total. The first-order chi connectivity index (χ1) is 5.56. The molecule has 0 radical (unpaired) electrons. The fourth-order valence-corrected chi connectivity index (χ4v) is 1.51. The van der Waals surface area contributed by atoms with Crippen molar-refractivity contribution in [2.45, 2.75) is 19.4 Å². The second kappa shape index (κ2) is 6.48. The first-order valence-electron chi connectivity index (χ1n) is 3.76. The molecule has 12 heavy (non-hydrogen) atoms. The highest BCUT2D eigenvalue weighted by molar-refractivity contribution is 7.84. The van der Waals surface area contributed by atoms with Crippen LogP contribution in [-0.4, -0.2) is 33.9 Å². The van der Waals surface area contributed by atoms with Crippen LogP contribution >= 0.6 is 12.6 Å². The second-order valence-electron chi connectivity index (χ2n) is 2.69. The van der Waals surface area contributed by atoms with Gasteiger partial charge in [0.05, 0.1) is 5.75 Å². The minimum atomic E-state index is -0.773. The molecule has 72 valence electrons. The van der Waals surface area contributed by atoms with Gasteiger partial charge in [0.1, 0.15) is 0 Å². The number of hydrogen-bond donors (Lipinski definition) is 2. The van der Waals surface area contributed by atoms with Crippen molar-refractivity contribution in [2.75, 3.05) is 17.8 Å². The molecule has 0 aliphatic rings. The topological polar surface area (TPSA) is 46.2 Å². The molecule has 0 heterocycles. The Labute approximate surface area is 81.2 Å². The zero-order chi connectivity index (χ0) is 9.56. The van der Waals surface area contributed by atoms with Gasteiger partial charge in [0.25, 0.3) is 0 Å². The molecule has 0 bridgehead atoms. The van der Waals surface area contributed by atoms with Gasteiger partial charge in [-0.1, -0.05) is 0 Å². The van der Waals surface area contributed by atoms with Gasteiger partial charge >= 0.3 is 0 Å². The van der Waals surface area contributed by atoms with Crippen molar-refractivity contribution in [3.8, 4) is 0 Å². The Morgan fingerprint density at radius 1 is 1.67 bits per heavy atom. The smallest absolute Gasteiger partial charge is 0.229 e. The number of carbonyl (C=O) groups excluding carboxylic acids is 1. The fraction of sp³-hybridized carbons (Fsp3) is 0.857. The standard InChI is InChI=1S/C7H15NO2S2/c1-6(3-4-12(2)10)8-7(9)5-11/h6,11H,3-5H2,1-2H3,(H,8,9). The van der Waals surface area contributed by atoms with Crippen molar-refractivity contribution < 1.29 is 9.00 Å². The molecule has 0 rings (SSSR count). The molecule has 0 spiro atoms. The predicted octanol–water partition coefficient (Wildman–Crippen LogP) is 0.190. The van der Waals surface area contributed by atoms with E-state index in [1.54, 1.807) is 6.26 Å². The van der Waals surface area contributed by atoms with Crippen molar-refractivity contribution in [3.63, 3.8) is 0 Å². The quantitative estimate of drug-likeness (QED) is 0.635. The van der Waals surface area contributed by atoms with E-state index in [-0.39, 0.29) is 17.7 Å². The van der Waals surface area contributed by atoms with E-state index in [1.165, 1.54) is 0 Å². The molecule has 0 saturated carbocycles.